The summed E-state index contributed by atoms with van der Waals surface area (Å²) in [6.45, 7) is 4.87. The number of amides is 1. The number of fused-ring (bicyclic) bond motifs is 1. The Morgan fingerprint density at radius 1 is 1.18 bits per heavy atom. The molecule has 236 valence electrons. The lowest BCUT2D eigenvalue weighted by molar-refractivity contribution is -0.148. The molecule has 0 aromatic carbocycles. The van der Waals surface area contributed by atoms with Gasteiger partial charge in [-0.05, 0) is 51.2 Å². The summed E-state index contributed by atoms with van der Waals surface area (Å²) in [6.07, 6.45) is 8.09. The number of ether oxygens (including phenoxy) is 2. The molecular formula is C30H36FN11O3. The molecule has 6 rings (SSSR count). The average molecular weight is 618 g/mol. The molecule has 45 heavy (non-hydrogen) atoms. The third kappa shape index (κ3) is 6.26. The van der Waals surface area contributed by atoms with Crippen molar-refractivity contribution in [1.82, 2.24) is 50.0 Å². The van der Waals surface area contributed by atoms with Crippen LogP contribution in [0.5, 0.6) is 0 Å². The van der Waals surface area contributed by atoms with E-state index in [0.717, 1.165) is 22.8 Å². The molecule has 1 saturated carbocycles. The van der Waals surface area contributed by atoms with Crippen molar-refractivity contribution in [3.8, 4) is 5.82 Å². The monoisotopic (exact) mass is 617 g/mol. The van der Waals surface area contributed by atoms with Crippen molar-refractivity contribution in [2.24, 2.45) is 0 Å². The second-order valence-corrected chi connectivity index (χ2v) is 11.3. The van der Waals surface area contributed by atoms with Crippen LogP contribution in [0.4, 0.5) is 16.0 Å². The number of carbonyl (C=O) groups is 1. The number of carbonyl (C=O) groups excluding carboxylic acids is 1. The molecule has 5 heterocycles. The molecule has 0 bridgehead atoms. The van der Waals surface area contributed by atoms with Crippen molar-refractivity contribution in [2.75, 3.05) is 26.1 Å². The Labute approximate surface area is 258 Å². The van der Waals surface area contributed by atoms with Gasteiger partial charge in [0.05, 0.1) is 43.2 Å². The maximum absolute atomic E-state index is 13.6. The van der Waals surface area contributed by atoms with Gasteiger partial charge in [-0.2, -0.15) is 15.3 Å². The van der Waals surface area contributed by atoms with Gasteiger partial charge in [0.1, 0.15) is 17.2 Å². The van der Waals surface area contributed by atoms with Crippen molar-refractivity contribution in [3.05, 3.63) is 65.9 Å². The van der Waals surface area contributed by atoms with E-state index in [1.54, 1.807) is 32.7 Å². The average Bonchev–Trinajstić information content (AvgIpc) is 3.79. The maximum atomic E-state index is 13.6. The molecular weight excluding hydrogens is 581 g/mol. The molecule has 0 unspecified atom stereocenters. The lowest BCUT2D eigenvalue weighted by Gasteiger charge is -2.38. The van der Waals surface area contributed by atoms with E-state index in [9.17, 15) is 9.18 Å². The normalized spacial score (nSPS) is 19.1. The number of halogens is 1. The molecule has 1 fully saturated rings. The van der Waals surface area contributed by atoms with E-state index in [1.165, 1.54) is 10.9 Å². The van der Waals surface area contributed by atoms with E-state index >= 15 is 0 Å². The Hall–Kier alpha value is -4.76. The predicted octanol–water partition coefficient (Wildman–Crippen LogP) is 3.89. The van der Waals surface area contributed by atoms with Crippen molar-refractivity contribution in [1.29, 1.82) is 0 Å². The molecule has 5 aromatic heterocycles. The third-order valence-electron chi connectivity index (χ3n) is 8.34. The summed E-state index contributed by atoms with van der Waals surface area (Å²) in [7, 11) is 3.23. The fraction of sp³-hybridized carbons (Fsp3) is 0.433. The first-order valence-corrected chi connectivity index (χ1v) is 14.8. The van der Waals surface area contributed by atoms with Crippen molar-refractivity contribution in [3.63, 3.8) is 0 Å². The Kier molecular flexibility index (Phi) is 8.54. The largest absolute Gasteiger partial charge is 0.383 e. The lowest BCUT2D eigenvalue weighted by atomic mass is 9.77. The Bertz CT molecular complexity index is 1770. The zero-order chi connectivity index (χ0) is 31.6. The van der Waals surface area contributed by atoms with Crippen LogP contribution in [0, 0.1) is 12.7 Å². The summed E-state index contributed by atoms with van der Waals surface area (Å²) in [5.74, 6) is 1.82. The van der Waals surface area contributed by atoms with Crippen molar-refractivity contribution < 1.29 is 18.7 Å². The quantitative estimate of drug-likeness (QED) is 0.198. The molecule has 0 spiro atoms. The fourth-order valence-corrected chi connectivity index (χ4v) is 5.69. The number of rotatable bonds is 11. The van der Waals surface area contributed by atoms with E-state index in [0.29, 0.717) is 67.8 Å². The van der Waals surface area contributed by atoms with Gasteiger partial charge in [0.25, 0.3) is 5.91 Å². The predicted molar refractivity (Wildman–Crippen MR) is 163 cm³/mol. The number of H-pyrrole nitrogens is 1. The molecule has 1 aliphatic carbocycles. The number of aryl methyl sites for hydroxylation is 1. The molecule has 3 N–H and O–H groups in total. The molecule has 0 radical (unpaired) electrons. The van der Waals surface area contributed by atoms with E-state index in [2.05, 4.69) is 36.0 Å². The third-order valence-corrected chi connectivity index (χ3v) is 8.34. The first-order chi connectivity index (χ1) is 21.8. The molecule has 1 aliphatic rings. The molecule has 15 heteroatoms. The smallest absolute Gasteiger partial charge is 0.252 e. The maximum Gasteiger partial charge on any atom is 0.252 e. The molecule has 0 aliphatic heterocycles. The lowest BCUT2D eigenvalue weighted by Crippen LogP contribution is -2.50. The second kappa shape index (κ2) is 12.7. The zero-order valence-corrected chi connectivity index (χ0v) is 25.6. The van der Waals surface area contributed by atoms with Gasteiger partial charge < -0.3 is 20.1 Å². The molecule has 1 amide bonds. The second-order valence-electron chi connectivity index (χ2n) is 11.3. The van der Waals surface area contributed by atoms with Crippen LogP contribution in [0.25, 0.3) is 16.9 Å². The number of anilines is 2. The summed E-state index contributed by atoms with van der Waals surface area (Å²) >= 11 is 0. The molecule has 5 aromatic rings. The number of hydrogen-bond acceptors (Lipinski definition) is 10. The summed E-state index contributed by atoms with van der Waals surface area (Å²) in [4.78, 5) is 27.9. The molecule has 0 saturated heterocycles. The fourth-order valence-electron chi connectivity index (χ4n) is 5.69. The topological polar surface area (TPSA) is 163 Å². The first-order valence-electron chi connectivity index (χ1n) is 14.8. The Morgan fingerprint density at radius 2 is 2.00 bits per heavy atom. The number of nitrogens with one attached hydrogen (secondary N) is 3. The highest BCUT2D eigenvalue weighted by Gasteiger charge is 2.43. The van der Waals surface area contributed by atoms with E-state index in [4.69, 9.17) is 19.4 Å². The van der Waals surface area contributed by atoms with Crippen LogP contribution < -0.4 is 10.6 Å². The van der Waals surface area contributed by atoms with Gasteiger partial charge in [0.15, 0.2) is 23.1 Å². The highest BCUT2D eigenvalue weighted by atomic mass is 19.1. The standard InChI is InChI=1S/C30H36FN11O3/c1-18-13-24(40-39-18)36-27-23-16-34-41(11-12-44-3)28(23)38-26(37-27)20-7-9-30(45-4,10-8-20)29(43)35-19(2)21-5-6-25(32-14-21)42-17-22(31)15-33-42/h5-6,13-17,19-20H,7-12H2,1-4H3,(H,35,43)(H2,36,37,38,39,40)/t19-,20-,30-/m0/s1. The van der Waals surface area contributed by atoms with Crippen LogP contribution >= 0.6 is 0 Å². The number of hydrogen-bond donors (Lipinski definition) is 3. The van der Waals surface area contributed by atoms with Gasteiger partial charge in [-0.25, -0.2) is 28.7 Å². The van der Waals surface area contributed by atoms with Crippen LogP contribution in [-0.4, -0.2) is 77.0 Å². The summed E-state index contributed by atoms with van der Waals surface area (Å²) in [5, 5.41) is 22.9. The molecule has 14 nitrogen and oxygen atoms in total. The summed E-state index contributed by atoms with van der Waals surface area (Å²) in [6, 6.07) is 5.15. The van der Waals surface area contributed by atoms with E-state index < -0.39 is 11.4 Å². The number of aromatic nitrogens is 9. The number of pyridine rings is 1. The first kappa shape index (κ1) is 30.3. The van der Waals surface area contributed by atoms with Gasteiger partial charge in [0.2, 0.25) is 0 Å². The van der Waals surface area contributed by atoms with Crippen LogP contribution in [0.2, 0.25) is 0 Å². The van der Waals surface area contributed by atoms with Crippen LogP contribution in [0.15, 0.2) is 43.0 Å². The number of nitrogens with zero attached hydrogens (tertiary/aromatic N) is 8. The summed E-state index contributed by atoms with van der Waals surface area (Å²) < 4.78 is 27.7. The van der Waals surface area contributed by atoms with Gasteiger partial charge in [-0.15, -0.1) is 0 Å². The number of methoxy groups -OCH3 is 2. The van der Waals surface area contributed by atoms with Gasteiger partial charge in [0, 0.05) is 38.1 Å². The van der Waals surface area contributed by atoms with Crippen LogP contribution in [0.3, 0.4) is 0 Å². The van der Waals surface area contributed by atoms with Crippen LogP contribution in [0.1, 0.15) is 61.6 Å². The van der Waals surface area contributed by atoms with E-state index in [1.807, 2.05) is 30.7 Å². The van der Waals surface area contributed by atoms with Gasteiger partial charge in [-0.1, -0.05) is 6.07 Å². The zero-order valence-electron chi connectivity index (χ0n) is 25.6. The molecule has 1 atom stereocenters. The highest BCUT2D eigenvalue weighted by Crippen LogP contribution is 2.40. The minimum Gasteiger partial charge on any atom is -0.383 e. The van der Waals surface area contributed by atoms with E-state index in [-0.39, 0.29) is 17.9 Å². The Balaban J connectivity index is 1.17. The van der Waals surface area contributed by atoms with Crippen molar-refractivity contribution in [2.45, 2.75) is 63.6 Å². The minimum atomic E-state index is -0.983. The van der Waals surface area contributed by atoms with Gasteiger partial charge >= 0.3 is 0 Å². The number of aromatic amines is 1. The highest BCUT2D eigenvalue weighted by molar-refractivity contribution is 5.88. The summed E-state index contributed by atoms with van der Waals surface area (Å²) in [5.41, 5.74) is 1.45. The van der Waals surface area contributed by atoms with Crippen LogP contribution in [-0.2, 0) is 20.8 Å². The minimum absolute atomic E-state index is 0.0130. The van der Waals surface area contributed by atoms with Crippen molar-refractivity contribution >= 4 is 28.6 Å². The van der Waals surface area contributed by atoms with Gasteiger partial charge in [-0.3, -0.25) is 9.89 Å². The Morgan fingerprint density at radius 3 is 2.64 bits per heavy atom. The SMILES string of the molecule is COCCn1ncc2c(Nc3cc(C)[nH]n3)nc([C@H]3CC[C@@](OC)(C(=O)N[C@@H](C)c4ccc(-n5cc(F)cn5)nc4)CC3)nc21.